The molecule has 0 aromatic heterocycles. The van der Waals surface area contributed by atoms with Crippen molar-refractivity contribution in [1.82, 2.24) is 5.43 Å². The molecular weight excluding hydrogens is 368 g/mol. The lowest BCUT2D eigenvalue weighted by atomic mass is 9.98. The normalized spacial score (nSPS) is 12.4. The molecule has 0 bridgehead atoms. The molecule has 1 atom stereocenters. The number of hydrogen-bond acceptors (Lipinski definition) is 2. The maximum atomic E-state index is 5.73. The molecule has 0 heterocycles. The molecule has 0 amide bonds. The van der Waals surface area contributed by atoms with Crippen LogP contribution in [-0.4, -0.2) is 0 Å². The van der Waals surface area contributed by atoms with Crippen molar-refractivity contribution in [2.75, 3.05) is 0 Å². The first kappa shape index (κ1) is 14.7. The van der Waals surface area contributed by atoms with E-state index < -0.39 is 0 Å². The van der Waals surface area contributed by atoms with Gasteiger partial charge in [0.25, 0.3) is 0 Å². The van der Waals surface area contributed by atoms with Crippen LogP contribution in [0.1, 0.15) is 22.7 Å². The lowest BCUT2D eigenvalue weighted by Gasteiger charge is -2.19. The number of nitrogens with two attached hydrogens (primary N) is 1. The monoisotopic (exact) mass is 382 g/mol. The van der Waals surface area contributed by atoms with E-state index >= 15 is 0 Å². The summed E-state index contributed by atoms with van der Waals surface area (Å²) in [4.78, 5) is 0. The van der Waals surface area contributed by atoms with Crippen molar-refractivity contribution in [3.8, 4) is 0 Å². The second-order valence-corrected chi connectivity index (χ2v) is 6.24. The Hall–Kier alpha value is -0.680. The molecule has 0 saturated heterocycles. The number of nitrogens with one attached hydrogen (secondary N) is 1. The van der Waals surface area contributed by atoms with Gasteiger partial charge in [-0.05, 0) is 42.2 Å². The Morgan fingerprint density at radius 3 is 2.58 bits per heavy atom. The van der Waals surface area contributed by atoms with E-state index in [0.717, 1.165) is 15.4 Å². The average molecular weight is 384 g/mol. The predicted molar refractivity (Wildman–Crippen MR) is 86.8 cm³/mol. The largest absolute Gasteiger partial charge is 0.271 e. The molecule has 0 saturated carbocycles. The Kier molecular flexibility index (Phi) is 5.16. The van der Waals surface area contributed by atoms with Crippen LogP contribution in [0.2, 0.25) is 0 Å². The predicted octanol–water partition coefficient (Wildman–Crippen LogP) is 4.27. The van der Waals surface area contributed by atoms with Crippen LogP contribution in [0.5, 0.6) is 0 Å². The fourth-order valence-electron chi connectivity index (χ4n) is 2.10. The lowest BCUT2D eigenvalue weighted by molar-refractivity contribution is 0.549. The third kappa shape index (κ3) is 3.66. The first-order valence-corrected chi connectivity index (χ1v) is 7.66. The summed E-state index contributed by atoms with van der Waals surface area (Å²) in [6.45, 7) is 2.08. The molecule has 2 aromatic rings. The number of rotatable bonds is 4. The third-order valence-corrected chi connectivity index (χ3v) is 4.70. The summed E-state index contributed by atoms with van der Waals surface area (Å²) < 4.78 is 2.21. The number of hydrogen-bond donors (Lipinski definition) is 2. The molecular formula is C15H16Br2N2. The van der Waals surface area contributed by atoms with Gasteiger partial charge in [0.15, 0.2) is 0 Å². The molecule has 4 heteroatoms. The van der Waals surface area contributed by atoms with E-state index in [9.17, 15) is 0 Å². The van der Waals surface area contributed by atoms with Gasteiger partial charge in [0, 0.05) is 8.95 Å². The van der Waals surface area contributed by atoms with Gasteiger partial charge in [0.2, 0.25) is 0 Å². The summed E-state index contributed by atoms with van der Waals surface area (Å²) in [7, 11) is 0. The van der Waals surface area contributed by atoms with E-state index in [1.54, 1.807) is 0 Å². The SMILES string of the molecule is Cc1cccc(C(Cc2cccc(Br)c2)NN)c1Br. The van der Waals surface area contributed by atoms with Gasteiger partial charge >= 0.3 is 0 Å². The quantitative estimate of drug-likeness (QED) is 0.611. The molecule has 0 aliphatic rings. The van der Waals surface area contributed by atoms with E-state index in [1.807, 2.05) is 12.1 Å². The Labute approximate surface area is 130 Å². The third-order valence-electron chi connectivity index (χ3n) is 3.13. The molecule has 0 aliphatic heterocycles. The van der Waals surface area contributed by atoms with Gasteiger partial charge in [0.05, 0.1) is 6.04 Å². The van der Waals surface area contributed by atoms with Gasteiger partial charge in [-0.2, -0.15) is 0 Å². The van der Waals surface area contributed by atoms with E-state index in [1.165, 1.54) is 16.7 Å². The summed E-state index contributed by atoms with van der Waals surface area (Å²) in [6, 6.07) is 14.6. The fourth-order valence-corrected chi connectivity index (χ4v) is 3.08. The number of benzene rings is 2. The minimum atomic E-state index is 0.0866. The Bertz CT molecular complexity index is 570. The minimum Gasteiger partial charge on any atom is -0.271 e. The smallest absolute Gasteiger partial charge is 0.0511 e. The number of aryl methyl sites for hydroxylation is 1. The number of halogens is 2. The zero-order valence-corrected chi connectivity index (χ0v) is 13.8. The Morgan fingerprint density at radius 2 is 1.89 bits per heavy atom. The van der Waals surface area contributed by atoms with Gasteiger partial charge in [-0.1, -0.05) is 62.2 Å². The highest BCUT2D eigenvalue weighted by Crippen LogP contribution is 2.28. The van der Waals surface area contributed by atoms with Crippen molar-refractivity contribution in [2.24, 2.45) is 5.84 Å². The van der Waals surface area contributed by atoms with Crippen molar-refractivity contribution in [3.63, 3.8) is 0 Å². The van der Waals surface area contributed by atoms with Gasteiger partial charge in [-0.25, -0.2) is 0 Å². The summed E-state index contributed by atoms with van der Waals surface area (Å²) >= 11 is 7.14. The standard InChI is InChI=1S/C15H16Br2N2/c1-10-4-2-7-13(15(10)17)14(19-18)9-11-5-3-6-12(16)8-11/h2-8,14,19H,9,18H2,1H3. The second-order valence-electron chi connectivity index (χ2n) is 4.53. The van der Waals surface area contributed by atoms with Gasteiger partial charge in [-0.15, -0.1) is 0 Å². The summed E-state index contributed by atoms with van der Waals surface area (Å²) in [5.74, 6) is 5.73. The van der Waals surface area contributed by atoms with Crippen LogP contribution in [0.25, 0.3) is 0 Å². The van der Waals surface area contributed by atoms with E-state index in [2.05, 4.69) is 74.5 Å². The maximum Gasteiger partial charge on any atom is 0.0511 e. The molecule has 0 radical (unpaired) electrons. The van der Waals surface area contributed by atoms with Crippen LogP contribution >= 0.6 is 31.9 Å². The molecule has 3 N–H and O–H groups in total. The zero-order valence-electron chi connectivity index (χ0n) is 10.7. The van der Waals surface area contributed by atoms with E-state index in [4.69, 9.17) is 5.84 Å². The average Bonchev–Trinajstić information content (AvgIpc) is 2.40. The first-order chi connectivity index (χ1) is 9.11. The topological polar surface area (TPSA) is 38.0 Å². The fraction of sp³-hybridized carbons (Fsp3) is 0.200. The van der Waals surface area contributed by atoms with E-state index in [-0.39, 0.29) is 6.04 Å². The van der Waals surface area contributed by atoms with Gasteiger partial charge in [0.1, 0.15) is 0 Å². The highest BCUT2D eigenvalue weighted by Gasteiger charge is 2.14. The van der Waals surface area contributed by atoms with Crippen molar-refractivity contribution in [1.29, 1.82) is 0 Å². The molecule has 0 fully saturated rings. The van der Waals surface area contributed by atoms with Crippen molar-refractivity contribution < 1.29 is 0 Å². The highest BCUT2D eigenvalue weighted by molar-refractivity contribution is 9.10. The molecule has 1 unspecified atom stereocenters. The summed E-state index contributed by atoms with van der Waals surface area (Å²) in [6.07, 6.45) is 0.845. The second kappa shape index (κ2) is 6.66. The van der Waals surface area contributed by atoms with Gasteiger partial charge < -0.3 is 0 Å². The summed E-state index contributed by atoms with van der Waals surface area (Å²) in [5, 5.41) is 0. The zero-order chi connectivity index (χ0) is 13.8. The maximum absolute atomic E-state index is 5.73. The molecule has 2 rings (SSSR count). The van der Waals surface area contributed by atoms with E-state index in [0.29, 0.717) is 0 Å². The van der Waals surface area contributed by atoms with Crippen LogP contribution < -0.4 is 11.3 Å². The molecule has 19 heavy (non-hydrogen) atoms. The Morgan fingerprint density at radius 1 is 1.16 bits per heavy atom. The summed E-state index contributed by atoms with van der Waals surface area (Å²) in [5.41, 5.74) is 6.55. The van der Waals surface area contributed by atoms with Crippen LogP contribution in [0, 0.1) is 6.92 Å². The van der Waals surface area contributed by atoms with Crippen LogP contribution in [0.4, 0.5) is 0 Å². The molecule has 2 nitrogen and oxygen atoms in total. The highest BCUT2D eigenvalue weighted by atomic mass is 79.9. The Balaban J connectivity index is 2.28. The van der Waals surface area contributed by atoms with Crippen LogP contribution in [0.3, 0.4) is 0 Å². The molecule has 0 spiro atoms. The van der Waals surface area contributed by atoms with Crippen molar-refractivity contribution in [3.05, 3.63) is 68.1 Å². The molecule has 2 aromatic carbocycles. The minimum absolute atomic E-state index is 0.0866. The van der Waals surface area contributed by atoms with Crippen molar-refractivity contribution >= 4 is 31.9 Å². The molecule has 0 aliphatic carbocycles. The van der Waals surface area contributed by atoms with Crippen molar-refractivity contribution in [2.45, 2.75) is 19.4 Å². The van der Waals surface area contributed by atoms with Gasteiger partial charge in [-0.3, -0.25) is 11.3 Å². The first-order valence-electron chi connectivity index (χ1n) is 6.07. The van der Waals surface area contributed by atoms with Crippen LogP contribution in [-0.2, 0) is 6.42 Å². The number of hydrazine groups is 1. The van der Waals surface area contributed by atoms with Crippen LogP contribution in [0.15, 0.2) is 51.4 Å². The molecule has 100 valence electrons. The lowest BCUT2D eigenvalue weighted by Crippen LogP contribution is -2.30.